The minimum absolute atomic E-state index is 0. The Hall–Kier alpha value is -2.19. The number of hydrogen-bond acceptors (Lipinski definition) is 4. The summed E-state index contributed by atoms with van der Waals surface area (Å²) in [5.41, 5.74) is 5.58. The zero-order valence-corrected chi connectivity index (χ0v) is 13.9. The number of methoxy groups -OCH3 is 1. The van der Waals surface area contributed by atoms with Crippen molar-refractivity contribution < 1.29 is 31.8 Å². The Morgan fingerprint density at radius 2 is 1.76 bits per heavy atom. The predicted octanol–water partition coefficient (Wildman–Crippen LogP) is 4.16. The molecule has 4 nitrogen and oxygen atoms in total. The van der Waals surface area contributed by atoms with Crippen LogP contribution in [-0.2, 0) is 0 Å². The maximum absolute atomic E-state index is 14.1. The second-order valence-electron chi connectivity index (χ2n) is 4.69. The first kappa shape index (κ1) is 20.9. The van der Waals surface area contributed by atoms with Gasteiger partial charge in [-0.05, 0) is 29.8 Å². The van der Waals surface area contributed by atoms with Gasteiger partial charge in [0.1, 0.15) is 18.2 Å². The number of alkyl halides is 3. The Bertz CT molecular complexity index is 710. The van der Waals surface area contributed by atoms with E-state index < -0.39 is 17.9 Å². The molecule has 0 radical (unpaired) electrons. The van der Waals surface area contributed by atoms with Crippen molar-refractivity contribution in [2.24, 2.45) is 5.73 Å². The summed E-state index contributed by atoms with van der Waals surface area (Å²) in [5.74, 6) is -1.03. The molecule has 0 heterocycles. The fourth-order valence-electron chi connectivity index (χ4n) is 2.03. The van der Waals surface area contributed by atoms with Crippen LogP contribution in [0.3, 0.4) is 0 Å². The third kappa shape index (κ3) is 5.68. The van der Waals surface area contributed by atoms with Gasteiger partial charge in [0.2, 0.25) is 0 Å². The number of rotatable bonds is 6. The maximum Gasteiger partial charge on any atom is 0.573 e. The maximum atomic E-state index is 14.1. The van der Waals surface area contributed by atoms with Gasteiger partial charge in [0.25, 0.3) is 0 Å². The first-order valence-corrected chi connectivity index (χ1v) is 6.90. The van der Waals surface area contributed by atoms with Crippen molar-refractivity contribution in [2.75, 3.05) is 20.3 Å². The van der Waals surface area contributed by atoms with Gasteiger partial charge >= 0.3 is 6.36 Å². The molecule has 2 aromatic rings. The smallest absolute Gasteiger partial charge is 0.497 e. The quantitative estimate of drug-likeness (QED) is 0.763. The summed E-state index contributed by atoms with van der Waals surface area (Å²) in [5, 5.41) is 0. The lowest BCUT2D eigenvalue weighted by atomic mass is 10.0. The van der Waals surface area contributed by atoms with E-state index >= 15 is 0 Å². The molecular weight excluding hydrogens is 366 g/mol. The van der Waals surface area contributed by atoms with Crippen molar-refractivity contribution in [3.8, 4) is 28.4 Å². The van der Waals surface area contributed by atoms with Gasteiger partial charge in [0.05, 0.1) is 7.11 Å². The lowest BCUT2D eigenvalue weighted by Crippen LogP contribution is -2.18. The Morgan fingerprint density at radius 1 is 1.04 bits per heavy atom. The molecule has 25 heavy (non-hydrogen) atoms. The zero-order chi connectivity index (χ0) is 17.7. The Labute approximate surface area is 147 Å². The molecule has 9 heteroatoms. The summed E-state index contributed by atoms with van der Waals surface area (Å²) in [4.78, 5) is 0. The minimum atomic E-state index is -4.90. The molecule has 0 unspecified atom stereocenters. The van der Waals surface area contributed by atoms with Crippen molar-refractivity contribution >= 4 is 12.4 Å². The van der Waals surface area contributed by atoms with E-state index in [1.165, 1.54) is 31.4 Å². The number of hydrogen-bond donors (Lipinski definition) is 1. The molecule has 2 rings (SSSR count). The highest BCUT2D eigenvalue weighted by Gasteiger charge is 2.32. The molecule has 0 spiro atoms. The summed E-state index contributed by atoms with van der Waals surface area (Å²) >= 11 is 0. The first-order valence-electron chi connectivity index (χ1n) is 6.90. The van der Waals surface area contributed by atoms with E-state index in [2.05, 4.69) is 4.74 Å². The third-order valence-corrected chi connectivity index (χ3v) is 3.03. The molecule has 0 atom stereocenters. The predicted molar refractivity (Wildman–Crippen MR) is 86.9 cm³/mol. The minimum Gasteiger partial charge on any atom is -0.497 e. The molecule has 2 aromatic carbocycles. The monoisotopic (exact) mass is 381 g/mol. The second kappa shape index (κ2) is 8.77. The molecule has 2 N–H and O–H groups in total. The highest BCUT2D eigenvalue weighted by Crippen LogP contribution is 2.37. The van der Waals surface area contributed by atoms with Crippen LogP contribution in [0.1, 0.15) is 0 Å². The Kier molecular flexibility index (Phi) is 7.32. The topological polar surface area (TPSA) is 53.7 Å². The molecule has 0 aliphatic carbocycles. The summed E-state index contributed by atoms with van der Waals surface area (Å²) in [7, 11) is 1.38. The third-order valence-electron chi connectivity index (χ3n) is 3.03. The zero-order valence-electron chi connectivity index (χ0n) is 13.1. The van der Waals surface area contributed by atoms with Crippen molar-refractivity contribution in [1.82, 2.24) is 0 Å². The number of benzene rings is 2. The van der Waals surface area contributed by atoms with Gasteiger partial charge in [0, 0.05) is 18.2 Å². The van der Waals surface area contributed by atoms with E-state index in [-0.39, 0.29) is 42.4 Å². The molecule has 0 saturated heterocycles. The van der Waals surface area contributed by atoms with E-state index in [0.717, 1.165) is 12.1 Å². The van der Waals surface area contributed by atoms with Crippen LogP contribution in [0.25, 0.3) is 11.1 Å². The fraction of sp³-hybridized carbons (Fsp3) is 0.250. The molecule has 0 amide bonds. The van der Waals surface area contributed by atoms with Gasteiger partial charge in [0.15, 0.2) is 11.5 Å². The van der Waals surface area contributed by atoms with Crippen molar-refractivity contribution in [3.63, 3.8) is 0 Å². The SMILES string of the molecule is COc1ccc(-c2ccc(OCCN)c(OC(F)(F)F)c2)c(F)c1.Cl. The second-order valence-corrected chi connectivity index (χ2v) is 4.69. The molecule has 0 saturated carbocycles. The van der Waals surface area contributed by atoms with E-state index in [0.29, 0.717) is 5.75 Å². The average Bonchev–Trinajstić information content (AvgIpc) is 2.52. The van der Waals surface area contributed by atoms with Crippen LogP contribution in [0, 0.1) is 5.82 Å². The lowest BCUT2D eigenvalue weighted by molar-refractivity contribution is -0.275. The summed E-state index contributed by atoms with van der Waals surface area (Å²) in [6.07, 6.45) is -4.90. The normalized spacial score (nSPS) is 10.8. The average molecular weight is 382 g/mol. The van der Waals surface area contributed by atoms with Crippen LogP contribution in [-0.4, -0.2) is 26.6 Å². The Balaban J connectivity index is 0.00000312. The van der Waals surface area contributed by atoms with Crippen LogP contribution in [0.5, 0.6) is 17.2 Å². The summed E-state index contributed by atoms with van der Waals surface area (Å²) < 4.78 is 65.8. The van der Waals surface area contributed by atoms with Crippen LogP contribution >= 0.6 is 12.4 Å². The Morgan fingerprint density at radius 3 is 2.32 bits per heavy atom. The van der Waals surface area contributed by atoms with Gasteiger partial charge in [-0.25, -0.2) is 4.39 Å². The van der Waals surface area contributed by atoms with Gasteiger partial charge in [-0.1, -0.05) is 6.07 Å². The van der Waals surface area contributed by atoms with Crippen LogP contribution in [0.4, 0.5) is 17.6 Å². The van der Waals surface area contributed by atoms with Gasteiger partial charge in [-0.15, -0.1) is 25.6 Å². The summed E-state index contributed by atoms with van der Waals surface area (Å²) in [6, 6.07) is 7.81. The van der Waals surface area contributed by atoms with Crippen LogP contribution in [0.15, 0.2) is 36.4 Å². The van der Waals surface area contributed by atoms with Crippen LogP contribution in [0.2, 0.25) is 0 Å². The lowest BCUT2D eigenvalue weighted by Gasteiger charge is -2.15. The van der Waals surface area contributed by atoms with E-state index in [4.69, 9.17) is 15.2 Å². The molecule has 0 bridgehead atoms. The molecule has 0 aliphatic rings. The van der Waals surface area contributed by atoms with E-state index in [9.17, 15) is 17.6 Å². The molecule has 0 aromatic heterocycles. The van der Waals surface area contributed by atoms with E-state index in [1.807, 2.05) is 0 Å². The van der Waals surface area contributed by atoms with Gasteiger partial charge < -0.3 is 19.9 Å². The number of halogens is 5. The highest BCUT2D eigenvalue weighted by atomic mass is 35.5. The first-order chi connectivity index (χ1) is 11.3. The largest absolute Gasteiger partial charge is 0.573 e. The molecule has 0 aliphatic heterocycles. The summed E-state index contributed by atoms with van der Waals surface area (Å²) in [6.45, 7) is 0.144. The fourth-order valence-corrected chi connectivity index (χ4v) is 2.03. The standard InChI is InChI=1S/C16H15F4NO3.ClH/c1-22-11-3-4-12(13(17)9-11)10-2-5-14(23-7-6-21)15(8-10)24-16(18,19)20;/h2-5,8-9H,6-7,21H2,1H3;1H. The highest BCUT2D eigenvalue weighted by molar-refractivity contribution is 5.85. The van der Waals surface area contributed by atoms with Crippen LogP contribution < -0.4 is 19.9 Å². The van der Waals surface area contributed by atoms with Crippen molar-refractivity contribution in [2.45, 2.75) is 6.36 Å². The molecule has 0 fully saturated rings. The molecule has 138 valence electrons. The van der Waals surface area contributed by atoms with Gasteiger partial charge in [-0.2, -0.15) is 0 Å². The van der Waals surface area contributed by atoms with Crippen molar-refractivity contribution in [1.29, 1.82) is 0 Å². The van der Waals surface area contributed by atoms with Crippen molar-refractivity contribution in [3.05, 3.63) is 42.2 Å². The van der Waals surface area contributed by atoms with E-state index in [1.54, 1.807) is 0 Å². The number of ether oxygens (including phenoxy) is 3. The number of nitrogens with two attached hydrogens (primary N) is 1. The molecular formula is C16H16ClF4NO3. The van der Waals surface area contributed by atoms with Gasteiger partial charge in [-0.3, -0.25) is 0 Å².